The zero-order valence-corrected chi connectivity index (χ0v) is 26.8. The highest BCUT2D eigenvalue weighted by atomic mass is 16.3. The van der Waals surface area contributed by atoms with Crippen LogP contribution in [0.5, 0.6) is 0 Å². The fraction of sp³-hybridized carbons (Fsp3) is 0. The summed E-state index contributed by atoms with van der Waals surface area (Å²) in [5, 5.41) is 9.02. The molecule has 0 spiro atoms. The molecule has 3 aromatic heterocycles. The smallest absolute Gasteiger partial charge is 0.165 e. The van der Waals surface area contributed by atoms with Gasteiger partial charge in [0, 0.05) is 43.9 Å². The maximum absolute atomic E-state index is 6.47. The Morgan fingerprint density at radius 1 is 0.380 bits per heavy atom. The van der Waals surface area contributed by atoms with Crippen LogP contribution < -0.4 is 0 Å². The fourth-order valence-corrected chi connectivity index (χ4v) is 7.96. The van der Waals surface area contributed by atoms with Gasteiger partial charge in [-0.25, -0.2) is 9.97 Å². The molecule has 50 heavy (non-hydrogen) atoms. The van der Waals surface area contributed by atoms with Crippen LogP contribution in [-0.2, 0) is 0 Å². The van der Waals surface area contributed by atoms with Crippen LogP contribution in [-0.4, -0.2) is 14.5 Å². The molecule has 232 valence electrons. The normalized spacial score (nSPS) is 12.0. The predicted molar refractivity (Wildman–Crippen MR) is 207 cm³/mol. The van der Waals surface area contributed by atoms with Crippen molar-refractivity contribution in [3.05, 3.63) is 164 Å². The van der Waals surface area contributed by atoms with Crippen LogP contribution >= 0.6 is 0 Å². The molecule has 3 heterocycles. The van der Waals surface area contributed by atoms with Crippen molar-refractivity contribution in [1.29, 1.82) is 0 Å². The van der Waals surface area contributed by atoms with Crippen molar-refractivity contribution >= 4 is 76.3 Å². The Morgan fingerprint density at radius 3 is 1.72 bits per heavy atom. The molecule has 0 aliphatic rings. The van der Waals surface area contributed by atoms with Crippen molar-refractivity contribution in [2.24, 2.45) is 0 Å². The Hall–Kier alpha value is -6.78. The quantitative estimate of drug-likeness (QED) is 0.181. The van der Waals surface area contributed by atoms with Crippen LogP contribution in [0.3, 0.4) is 0 Å². The highest BCUT2D eigenvalue weighted by Crippen LogP contribution is 2.43. The molecule has 0 unspecified atom stereocenters. The number of fused-ring (bicyclic) bond motifs is 12. The van der Waals surface area contributed by atoms with Crippen LogP contribution in [0.4, 0.5) is 0 Å². The first kappa shape index (κ1) is 27.2. The summed E-state index contributed by atoms with van der Waals surface area (Å²) < 4.78 is 8.76. The molecule has 4 heteroatoms. The van der Waals surface area contributed by atoms with E-state index in [4.69, 9.17) is 14.4 Å². The SMILES string of the molecule is c1ccc(-c2ccccc2-c2nc3c4ccccc4c4ccccc4c3nc2-n2c3ccccc3c3cc4c(cc32)oc2ccccc24)cc1. The highest BCUT2D eigenvalue weighted by Gasteiger charge is 2.24. The molecule has 11 rings (SSSR count). The molecule has 0 saturated carbocycles. The van der Waals surface area contributed by atoms with Gasteiger partial charge in [0.2, 0.25) is 0 Å². The Morgan fingerprint density at radius 2 is 0.960 bits per heavy atom. The molecule has 4 nitrogen and oxygen atoms in total. The Bertz CT molecular complexity index is 3150. The van der Waals surface area contributed by atoms with Crippen LogP contribution in [0.25, 0.3) is 105 Å². The zero-order chi connectivity index (χ0) is 32.8. The van der Waals surface area contributed by atoms with Gasteiger partial charge < -0.3 is 4.42 Å². The van der Waals surface area contributed by atoms with Crippen molar-refractivity contribution in [2.45, 2.75) is 0 Å². The van der Waals surface area contributed by atoms with Gasteiger partial charge >= 0.3 is 0 Å². The van der Waals surface area contributed by atoms with E-state index in [1.165, 1.54) is 10.8 Å². The molecule has 0 aliphatic carbocycles. The third-order valence-electron chi connectivity index (χ3n) is 10.2. The third-order valence-corrected chi connectivity index (χ3v) is 10.2. The lowest BCUT2D eigenvalue weighted by atomic mass is 9.96. The number of benzene rings is 8. The van der Waals surface area contributed by atoms with Gasteiger partial charge in [-0.05, 0) is 40.1 Å². The minimum atomic E-state index is 0.781. The summed E-state index contributed by atoms with van der Waals surface area (Å²) in [7, 11) is 0. The van der Waals surface area contributed by atoms with E-state index in [1.54, 1.807) is 0 Å². The number of hydrogen-bond donors (Lipinski definition) is 0. The van der Waals surface area contributed by atoms with E-state index in [2.05, 4.69) is 156 Å². The van der Waals surface area contributed by atoms with E-state index >= 15 is 0 Å². The van der Waals surface area contributed by atoms with E-state index in [0.717, 1.165) is 93.8 Å². The van der Waals surface area contributed by atoms with Crippen LogP contribution in [0.1, 0.15) is 0 Å². The Kier molecular flexibility index (Phi) is 5.63. The topological polar surface area (TPSA) is 43.9 Å². The highest BCUT2D eigenvalue weighted by molar-refractivity contribution is 6.24. The number of para-hydroxylation sites is 2. The third kappa shape index (κ3) is 3.81. The number of nitrogens with zero attached hydrogens (tertiary/aromatic N) is 3. The average molecular weight is 638 g/mol. The summed E-state index contributed by atoms with van der Waals surface area (Å²) >= 11 is 0. The number of aromatic nitrogens is 3. The summed E-state index contributed by atoms with van der Waals surface area (Å²) in [4.78, 5) is 11.4. The molecule has 0 fully saturated rings. The van der Waals surface area contributed by atoms with Crippen LogP contribution in [0, 0.1) is 0 Å². The lowest BCUT2D eigenvalue weighted by Crippen LogP contribution is -2.05. The minimum Gasteiger partial charge on any atom is -0.456 e. The van der Waals surface area contributed by atoms with E-state index in [1.807, 2.05) is 12.1 Å². The molecule has 0 bridgehead atoms. The maximum Gasteiger partial charge on any atom is 0.165 e. The van der Waals surface area contributed by atoms with Crippen molar-refractivity contribution in [2.75, 3.05) is 0 Å². The first-order valence-corrected chi connectivity index (χ1v) is 16.9. The second-order valence-electron chi connectivity index (χ2n) is 12.9. The molecule has 0 amide bonds. The predicted octanol–water partition coefficient (Wildman–Crippen LogP) is 12.3. The monoisotopic (exact) mass is 637 g/mol. The second kappa shape index (κ2) is 10.4. The van der Waals surface area contributed by atoms with Gasteiger partial charge in [0.25, 0.3) is 0 Å². The zero-order valence-electron chi connectivity index (χ0n) is 26.8. The number of rotatable bonds is 3. The molecule has 11 aromatic rings. The van der Waals surface area contributed by atoms with Crippen molar-refractivity contribution in [3.63, 3.8) is 0 Å². The van der Waals surface area contributed by atoms with Crippen LogP contribution in [0.2, 0.25) is 0 Å². The fourth-order valence-electron chi connectivity index (χ4n) is 7.96. The summed E-state index contributed by atoms with van der Waals surface area (Å²) in [6.07, 6.45) is 0. The van der Waals surface area contributed by atoms with Gasteiger partial charge in [0.05, 0.1) is 22.1 Å². The number of hydrogen-bond acceptors (Lipinski definition) is 3. The first-order valence-electron chi connectivity index (χ1n) is 16.9. The lowest BCUT2D eigenvalue weighted by molar-refractivity contribution is 0.669. The van der Waals surface area contributed by atoms with Gasteiger partial charge in [0.15, 0.2) is 5.82 Å². The summed E-state index contributed by atoms with van der Waals surface area (Å²) in [6, 6.07) is 57.6. The average Bonchev–Trinajstić information content (AvgIpc) is 3.71. The molecule has 0 aliphatic heterocycles. The summed E-state index contributed by atoms with van der Waals surface area (Å²) in [6.45, 7) is 0. The maximum atomic E-state index is 6.47. The number of furan rings is 1. The van der Waals surface area contributed by atoms with E-state index in [9.17, 15) is 0 Å². The Labute approximate surface area is 286 Å². The Balaban J connectivity index is 1.35. The summed E-state index contributed by atoms with van der Waals surface area (Å²) in [5.41, 5.74) is 9.67. The van der Waals surface area contributed by atoms with Crippen molar-refractivity contribution < 1.29 is 4.42 Å². The van der Waals surface area contributed by atoms with Crippen LogP contribution in [0.15, 0.2) is 168 Å². The molecule has 0 N–H and O–H groups in total. The van der Waals surface area contributed by atoms with Gasteiger partial charge in [-0.1, -0.05) is 140 Å². The van der Waals surface area contributed by atoms with Gasteiger partial charge in [-0.2, -0.15) is 0 Å². The van der Waals surface area contributed by atoms with E-state index in [0.29, 0.717) is 0 Å². The minimum absolute atomic E-state index is 0.781. The molecule has 0 atom stereocenters. The molecular weight excluding hydrogens is 611 g/mol. The van der Waals surface area contributed by atoms with E-state index < -0.39 is 0 Å². The second-order valence-corrected chi connectivity index (χ2v) is 12.9. The molecule has 0 saturated heterocycles. The summed E-state index contributed by atoms with van der Waals surface area (Å²) in [5.74, 6) is 0.781. The standard InChI is InChI=1S/C46H27N3O/c1-2-14-28(15-3-1)29-16-4-7-21-34(29)45-46(48-44-36-23-9-6-18-31(36)30-17-5-8-22-35(30)43(44)47-45)49-39-24-12-10-19-32(39)37-26-38-33-20-11-13-25-41(33)50-42(38)27-40(37)49/h1-27H. The van der Waals surface area contributed by atoms with Crippen molar-refractivity contribution in [1.82, 2.24) is 14.5 Å². The van der Waals surface area contributed by atoms with Gasteiger partial charge in [0.1, 0.15) is 16.9 Å². The van der Waals surface area contributed by atoms with Gasteiger partial charge in [-0.15, -0.1) is 0 Å². The molecule has 0 radical (unpaired) electrons. The molecule has 8 aromatic carbocycles. The van der Waals surface area contributed by atoms with Gasteiger partial charge in [-0.3, -0.25) is 4.57 Å². The first-order chi connectivity index (χ1) is 24.8. The van der Waals surface area contributed by atoms with E-state index in [-0.39, 0.29) is 0 Å². The molecular formula is C46H27N3O. The van der Waals surface area contributed by atoms with Crippen molar-refractivity contribution in [3.8, 4) is 28.2 Å². The lowest BCUT2D eigenvalue weighted by Gasteiger charge is -2.18. The largest absolute Gasteiger partial charge is 0.456 e.